The molecule has 1 aliphatic rings. The van der Waals surface area contributed by atoms with Crippen LogP contribution >= 0.6 is 11.6 Å². The zero-order valence-electron chi connectivity index (χ0n) is 18.3. The second kappa shape index (κ2) is 11.8. The van der Waals surface area contributed by atoms with E-state index in [1.807, 2.05) is 43.3 Å². The van der Waals surface area contributed by atoms with Crippen LogP contribution in [-0.2, 0) is 11.3 Å². The van der Waals surface area contributed by atoms with E-state index in [4.69, 9.17) is 21.1 Å². The Kier molecular flexibility index (Phi) is 8.80. The predicted molar refractivity (Wildman–Crippen MR) is 126 cm³/mol. The van der Waals surface area contributed by atoms with Gasteiger partial charge in [0.15, 0.2) is 18.1 Å². The molecule has 0 fully saturated rings. The van der Waals surface area contributed by atoms with Crippen molar-refractivity contribution in [1.82, 2.24) is 5.32 Å². The third kappa shape index (κ3) is 7.30. The second-order valence-corrected chi connectivity index (χ2v) is 8.25. The minimum absolute atomic E-state index is 0.156. The van der Waals surface area contributed by atoms with Crippen LogP contribution in [0.2, 0.25) is 5.02 Å². The lowest BCUT2D eigenvalue weighted by Crippen LogP contribution is -2.20. The Morgan fingerprint density at radius 3 is 2.68 bits per heavy atom. The first kappa shape index (κ1) is 23.2. The van der Waals surface area contributed by atoms with E-state index in [1.54, 1.807) is 12.7 Å². The summed E-state index contributed by atoms with van der Waals surface area (Å²) in [7, 11) is 1.57. The topological polar surface area (TPSA) is 59.6 Å². The maximum atomic E-state index is 12.2. The lowest BCUT2D eigenvalue weighted by Gasteiger charge is -2.15. The van der Waals surface area contributed by atoms with Crippen molar-refractivity contribution < 1.29 is 14.3 Å². The van der Waals surface area contributed by atoms with Crippen LogP contribution in [0.25, 0.3) is 0 Å². The summed E-state index contributed by atoms with van der Waals surface area (Å²) in [5.41, 5.74) is 4.42. The normalized spacial score (nSPS) is 13.5. The highest BCUT2D eigenvalue weighted by atomic mass is 35.5. The van der Waals surface area contributed by atoms with E-state index in [9.17, 15) is 4.79 Å². The van der Waals surface area contributed by atoms with Crippen LogP contribution in [0.1, 0.15) is 43.2 Å². The number of methoxy groups -OCH3 is 1. The van der Waals surface area contributed by atoms with E-state index >= 15 is 0 Å². The molecule has 5 nitrogen and oxygen atoms in total. The van der Waals surface area contributed by atoms with E-state index < -0.39 is 0 Å². The van der Waals surface area contributed by atoms with Crippen LogP contribution in [0.3, 0.4) is 0 Å². The largest absolute Gasteiger partial charge is 0.493 e. The number of ether oxygens (including phenoxy) is 2. The molecular formula is C25H31ClN2O3. The molecule has 0 aromatic heterocycles. The van der Waals surface area contributed by atoms with Gasteiger partial charge in [0.2, 0.25) is 0 Å². The van der Waals surface area contributed by atoms with Gasteiger partial charge in [-0.2, -0.15) is 0 Å². The molecule has 166 valence electrons. The molecule has 31 heavy (non-hydrogen) atoms. The third-order valence-electron chi connectivity index (χ3n) is 5.31. The van der Waals surface area contributed by atoms with Crippen LogP contribution in [-0.4, -0.2) is 26.2 Å². The molecule has 6 heteroatoms. The van der Waals surface area contributed by atoms with E-state index in [0.717, 1.165) is 29.8 Å². The SMILES string of the molecule is COc1cc(CNCCC2=CCCCC2)cc(Cl)c1OCC(=O)Nc1ccc(C)cc1. The smallest absolute Gasteiger partial charge is 0.262 e. The highest BCUT2D eigenvalue weighted by Gasteiger charge is 2.14. The molecule has 0 spiro atoms. The van der Waals surface area contributed by atoms with Gasteiger partial charge in [-0.15, -0.1) is 0 Å². The number of carbonyl (C=O) groups is 1. The number of rotatable bonds is 10. The molecule has 1 aliphatic carbocycles. The Bertz CT molecular complexity index is 910. The fraction of sp³-hybridized carbons (Fsp3) is 0.400. The number of nitrogens with one attached hydrogen (secondary N) is 2. The van der Waals surface area contributed by atoms with Crippen LogP contribution < -0.4 is 20.1 Å². The molecule has 0 saturated heterocycles. The van der Waals surface area contributed by atoms with Gasteiger partial charge in [-0.1, -0.05) is 40.9 Å². The molecule has 0 unspecified atom stereocenters. The van der Waals surface area contributed by atoms with Crippen molar-refractivity contribution in [2.24, 2.45) is 0 Å². The van der Waals surface area contributed by atoms with E-state index in [2.05, 4.69) is 16.7 Å². The minimum Gasteiger partial charge on any atom is -0.493 e. The Morgan fingerprint density at radius 2 is 1.97 bits per heavy atom. The predicted octanol–water partition coefficient (Wildman–Crippen LogP) is 5.65. The molecule has 0 saturated carbocycles. The maximum Gasteiger partial charge on any atom is 0.262 e. The number of anilines is 1. The van der Waals surface area contributed by atoms with Crippen LogP contribution in [0, 0.1) is 6.92 Å². The van der Waals surface area contributed by atoms with E-state index in [-0.39, 0.29) is 12.5 Å². The summed E-state index contributed by atoms with van der Waals surface area (Å²) in [6, 6.07) is 11.3. The summed E-state index contributed by atoms with van der Waals surface area (Å²) in [4.78, 5) is 12.2. The summed E-state index contributed by atoms with van der Waals surface area (Å²) in [5, 5.41) is 6.70. The van der Waals surface area contributed by atoms with Crippen molar-refractivity contribution in [3.05, 3.63) is 64.2 Å². The van der Waals surface area contributed by atoms with Gasteiger partial charge < -0.3 is 20.1 Å². The van der Waals surface area contributed by atoms with Gasteiger partial charge in [0.1, 0.15) is 0 Å². The Hall–Kier alpha value is -2.50. The minimum atomic E-state index is -0.260. The summed E-state index contributed by atoms with van der Waals surface area (Å²) in [5.74, 6) is 0.631. The van der Waals surface area contributed by atoms with Crippen molar-refractivity contribution in [2.45, 2.75) is 45.6 Å². The van der Waals surface area contributed by atoms with Gasteiger partial charge >= 0.3 is 0 Å². The van der Waals surface area contributed by atoms with Gasteiger partial charge in [-0.3, -0.25) is 4.79 Å². The number of allylic oxidation sites excluding steroid dienone is 1. The molecule has 0 heterocycles. The summed E-state index contributed by atoms with van der Waals surface area (Å²) < 4.78 is 11.1. The lowest BCUT2D eigenvalue weighted by molar-refractivity contribution is -0.118. The molecule has 2 aromatic rings. The number of carbonyl (C=O) groups excluding carboxylic acids is 1. The summed E-state index contributed by atoms with van der Waals surface area (Å²) in [6.07, 6.45) is 8.53. The van der Waals surface area contributed by atoms with Gasteiger partial charge in [-0.25, -0.2) is 0 Å². The first-order valence-electron chi connectivity index (χ1n) is 10.8. The molecule has 0 atom stereocenters. The molecule has 0 aliphatic heterocycles. The van der Waals surface area contributed by atoms with E-state index in [1.165, 1.54) is 25.7 Å². The van der Waals surface area contributed by atoms with Gasteiger partial charge in [-0.05, 0) is 75.4 Å². The monoisotopic (exact) mass is 442 g/mol. The number of hydrogen-bond acceptors (Lipinski definition) is 4. The Labute approximate surface area is 189 Å². The highest BCUT2D eigenvalue weighted by Crippen LogP contribution is 2.36. The van der Waals surface area contributed by atoms with Crippen molar-refractivity contribution in [3.8, 4) is 11.5 Å². The summed E-state index contributed by atoms with van der Waals surface area (Å²) in [6.45, 7) is 3.47. The zero-order chi connectivity index (χ0) is 22.1. The Balaban J connectivity index is 1.51. The molecule has 2 aromatic carbocycles. The van der Waals surface area contributed by atoms with Crippen LogP contribution in [0.4, 0.5) is 5.69 Å². The standard InChI is InChI=1S/C25H31ClN2O3/c1-18-8-10-21(11-9-18)28-24(29)17-31-25-22(26)14-20(15-23(25)30-2)16-27-13-12-19-6-4-3-5-7-19/h6,8-11,14-15,27H,3-5,7,12-13,16-17H2,1-2H3,(H,28,29). The van der Waals surface area contributed by atoms with Crippen LogP contribution in [0.15, 0.2) is 48.0 Å². The average molecular weight is 443 g/mol. The highest BCUT2D eigenvalue weighted by molar-refractivity contribution is 6.32. The fourth-order valence-corrected chi connectivity index (χ4v) is 3.89. The summed E-state index contributed by atoms with van der Waals surface area (Å²) >= 11 is 6.44. The fourth-order valence-electron chi connectivity index (χ4n) is 3.60. The number of hydrogen-bond donors (Lipinski definition) is 2. The second-order valence-electron chi connectivity index (χ2n) is 7.85. The van der Waals surface area contributed by atoms with Crippen molar-refractivity contribution in [1.29, 1.82) is 0 Å². The average Bonchev–Trinajstić information content (AvgIpc) is 2.78. The maximum absolute atomic E-state index is 12.2. The molecule has 0 radical (unpaired) electrons. The zero-order valence-corrected chi connectivity index (χ0v) is 19.1. The number of benzene rings is 2. The third-order valence-corrected chi connectivity index (χ3v) is 5.59. The molecular weight excluding hydrogens is 412 g/mol. The number of aryl methyl sites for hydroxylation is 1. The number of halogens is 1. The quantitative estimate of drug-likeness (QED) is 0.368. The molecule has 1 amide bonds. The molecule has 0 bridgehead atoms. The van der Waals surface area contributed by atoms with Crippen molar-refractivity contribution in [3.63, 3.8) is 0 Å². The Morgan fingerprint density at radius 1 is 1.16 bits per heavy atom. The van der Waals surface area contributed by atoms with Crippen molar-refractivity contribution >= 4 is 23.2 Å². The van der Waals surface area contributed by atoms with E-state index in [0.29, 0.717) is 23.1 Å². The van der Waals surface area contributed by atoms with Gasteiger partial charge in [0.25, 0.3) is 5.91 Å². The first-order valence-corrected chi connectivity index (χ1v) is 11.2. The molecule has 3 rings (SSSR count). The molecule has 2 N–H and O–H groups in total. The van der Waals surface area contributed by atoms with Gasteiger partial charge in [0, 0.05) is 12.2 Å². The van der Waals surface area contributed by atoms with Gasteiger partial charge in [0.05, 0.1) is 12.1 Å². The van der Waals surface area contributed by atoms with Crippen LogP contribution in [0.5, 0.6) is 11.5 Å². The lowest BCUT2D eigenvalue weighted by atomic mass is 9.97. The number of amides is 1. The first-order chi connectivity index (χ1) is 15.0. The van der Waals surface area contributed by atoms with Crippen molar-refractivity contribution in [2.75, 3.05) is 25.6 Å².